The first kappa shape index (κ1) is 16.9. The third kappa shape index (κ3) is 13.0. The van der Waals surface area contributed by atoms with Gasteiger partial charge in [0.05, 0.1) is 0 Å². The SMILES string of the molecule is CCCCCCCCNC(=O)CCCCC(=O)O. The van der Waals surface area contributed by atoms with E-state index >= 15 is 0 Å². The van der Waals surface area contributed by atoms with Crippen LogP contribution in [-0.2, 0) is 9.59 Å². The van der Waals surface area contributed by atoms with Crippen molar-refractivity contribution in [2.45, 2.75) is 71.1 Å². The van der Waals surface area contributed by atoms with E-state index in [0.717, 1.165) is 13.0 Å². The molecule has 0 aromatic heterocycles. The number of hydrogen-bond acceptors (Lipinski definition) is 2. The molecular formula is C14H27NO3. The van der Waals surface area contributed by atoms with Crippen molar-refractivity contribution in [3.63, 3.8) is 0 Å². The zero-order valence-corrected chi connectivity index (χ0v) is 11.5. The average Bonchev–Trinajstić information content (AvgIpc) is 2.33. The van der Waals surface area contributed by atoms with E-state index in [4.69, 9.17) is 5.11 Å². The molecule has 0 aromatic rings. The first-order chi connectivity index (χ1) is 8.66. The van der Waals surface area contributed by atoms with Crippen LogP contribution < -0.4 is 5.32 Å². The molecule has 0 rings (SSSR count). The molecule has 0 aromatic carbocycles. The minimum Gasteiger partial charge on any atom is -0.481 e. The summed E-state index contributed by atoms with van der Waals surface area (Å²) in [5.41, 5.74) is 0. The van der Waals surface area contributed by atoms with Crippen molar-refractivity contribution in [1.29, 1.82) is 0 Å². The van der Waals surface area contributed by atoms with Crippen molar-refractivity contribution in [2.75, 3.05) is 6.54 Å². The van der Waals surface area contributed by atoms with Gasteiger partial charge in [-0.25, -0.2) is 0 Å². The third-order valence-corrected chi connectivity index (χ3v) is 2.90. The third-order valence-electron chi connectivity index (χ3n) is 2.90. The number of amides is 1. The van der Waals surface area contributed by atoms with Gasteiger partial charge in [0.1, 0.15) is 0 Å². The molecule has 0 atom stereocenters. The second-order valence-corrected chi connectivity index (χ2v) is 4.72. The summed E-state index contributed by atoms with van der Waals surface area (Å²) in [5, 5.41) is 11.3. The fraction of sp³-hybridized carbons (Fsp3) is 0.857. The number of carbonyl (C=O) groups is 2. The molecular weight excluding hydrogens is 230 g/mol. The summed E-state index contributed by atoms with van der Waals surface area (Å²) in [5.74, 6) is -0.739. The number of carboxylic acid groups (broad SMARTS) is 1. The molecule has 0 radical (unpaired) electrons. The van der Waals surface area contributed by atoms with Crippen LogP contribution in [0.2, 0.25) is 0 Å². The van der Waals surface area contributed by atoms with Gasteiger partial charge < -0.3 is 10.4 Å². The van der Waals surface area contributed by atoms with Crippen molar-refractivity contribution < 1.29 is 14.7 Å². The van der Waals surface area contributed by atoms with Crippen molar-refractivity contribution in [3.05, 3.63) is 0 Å². The van der Waals surface area contributed by atoms with Gasteiger partial charge in [0.15, 0.2) is 0 Å². The molecule has 0 aliphatic rings. The maximum absolute atomic E-state index is 11.4. The predicted octanol–water partition coefficient (Wildman–Crippen LogP) is 3.11. The molecule has 0 fully saturated rings. The van der Waals surface area contributed by atoms with Gasteiger partial charge in [-0.3, -0.25) is 9.59 Å². The summed E-state index contributed by atoms with van der Waals surface area (Å²) in [6.07, 6.45) is 9.18. The van der Waals surface area contributed by atoms with E-state index in [1.165, 1.54) is 32.1 Å². The molecule has 1 amide bonds. The van der Waals surface area contributed by atoms with Gasteiger partial charge in [-0.05, 0) is 19.3 Å². The van der Waals surface area contributed by atoms with Crippen LogP contribution in [0.1, 0.15) is 71.1 Å². The van der Waals surface area contributed by atoms with Gasteiger partial charge in [-0.2, -0.15) is 0 Å². The molecule has 0 saturated heterocycles. The Kier molecular flexibility index (Phi) is 11.7. The number of unbranched alkanes of at least 4 members (excludes halogenated alkanes) is 6. The number of nitrogens with one attached hydrogen (secondary N) is 1. The monoisotopic (exact) mass is 257 g/mol. The Bertz CT molecular complexity index is 229. The van der Waals surface area contributed by atoms with Crippen molar-refractivity contribution in [3.8, 4) is 0 Å². The van der Waals surface area contributed by atoms with E-state index < -0.39 is 5.97 Å². The molecule has 0 saturated carbocycles. The summed E-state index contributed by atoms with van der Waals surface area (Å²) in [6, 6.07) is 0. The minimum absolute atomic E-state index is 0.0500. The van der Waals surface area contributed by atoms with Crippen LogP contribution >= 0.6 is 0 Å². The topological polar surface area (TPSA) is 66.4 Å². The molecule has 0 heterocycles. The van der Waals surface area contributed by atoms with Gasteiger partial charge in [-0.1, -0.05) is 39.0 Å². The Morgan fingerprint density at radius 1 is 0.889 bits per heavy atom. The van der Waals surface area contributed by atoms with Crippen LogP contribution in [0.4, 0.5) is 0 Å². The van der Waals surface area contributed by atoms with Crippen LogP contribution in [0.25, 0.3) is 0 Å². The summed E-state index contributed by atoms with van der Waals surface area (Å²) >= 11 is 0. The molecule has 4 heteroatoms. The summed E-state index contributed by atoms with van der Waals surface area (Å²) in [6.45, 7) is 2.95. The highest BCUT2D eigenvalue weighted by molar-refractivity contribution is 5.75. The molecule has 0 aliphatic heterocycles. The minimum atomic E-state index is -0.789. The van der Waals surface area contributed by atoms with Crippen molar-refractivity contribution >= 4 is 11.9 Å². The second kappa shape index (κ2) is 12.4. The lowest BCUT2D eigenvalue weighted by Gasteiger charge is -2.04. The molecule has 18 heavy (non-hydrogen) atoms. The second-order valence-electron chi connectivity index (χ2n) is 4.72. The fourth-order valence-corrected chi connectivity index (χ4v) is 1.78. The normalized spacial score (nSPS) is 10.3. The molecule has 4 nitrogen and oxygen atoms in total. The van der Waals surface area contributed by atoms with Crippen molar-refractivity contribution in [2.24, 2.45) is 0 Å². The average molecular weight is 257 g/mol. The number of carboxylic acids is 1. The Morgan fingerprint density at radius 3 is 2.17 bits per heavy atom. The van der Waals surface area contributed by atoms with Crippen LogP contribution in [0.15, 0.2) is 0 Å². The highest BCUT2D eigenvalue weighted by Gasteiger charge is 2.02. The lowest BCUT2D eigenvalue weighted by atomic mass is 10.1. The largest absolute Gasteiger partial charge is 0.481 e. The van der Waals surface area contributed by atoms with Crippen LogP contribution in [0, 0.1) is 0 Å². The molecule has 2 N–H and O–H groups in total. The highest BCUT2D eigenvalue weighted by Crippen LogP contribution is 2.04. The molecule has 0 aliphatic carbocycles. The summed E-state index contributed by atoms with van der Waals surface area (Å²) in [4.78, 5) is 21.6. The number of carbonyl (C=O) groups excluding carboxylic acids is 1. The Morgan fingerprint density at radius 2 is 1.50 bits per heavy atom. The van der Waals surface area contributed by atoms with E-state index in [0.29, 0.717) is 19.3 Å². The van der Waals surface area contributed by atoms with Crippen molar-refractivity contribution in [1.82, 2.24) is 5.32 Å². The maximum atomic E-state index is 11.4. The maximum Gasteiger partial charge on any atom is 0.303 e. The Labute approximate surface area is 110 Å². The quantitative estimate of drug-likeness (QED) is 0.528. The summed E-state index contributed by atoms with van der Waals surface area (Å²) < 4.78 is 0. The van der Waals surface area contributed by atoms with Gasteiger partial charge in [0, 0.05) is 19.4 Å². The first-order valence-electron chi connectivity index (χ1n) is 7.15. The number of aliphatic carboxylic acids is 1. The van der Waals surface area contributed by atoms with Gasteiger partial charge in [0.25, 0.3) is 0 Å². The lowest BCUT2D eigenvalue weighted by Crippen LogP contribution is -2.24. The predicted molar refractivity (Wildman–Crippen MR) is 72.5 cm³/mol. The van der Waals surface area contributed by atoms with E-state index in [2.05, 4.69) is 12.2 Å². The fourth-order valence-electron chi connectivity index (χ4n) is 1.78. The molecule has 0 bridgehead atoms. The van der Waals surface area contributed by atoms with Gasteiger partial charge >= 0.3 is 5.97 Å². The van der Waals surface area contributed by atoms with E-state index in [1.54, 1.807) is 0 Å². The number of rotatable bonds is 12. The van der Waals surface area contributed by atoms with Crippen LogP contribution in [-0.4, -0.2) is 23.5 Å². The van der Waals surface area contributed by atoms with E-state index in [1.807, 2.05) is 0 Å². The molecule has 106 valence electrons. The standard InChI is InChI=1S/C14H27NO3/c1-2-3-4-5-6-9-12-15-13(16)10-7-8-11-14(17)18/h2-12H2,1H3,(H,15,16)(H,17,18). The Balaban J connectivity index is 3.19. The zero-order chi connectivity index (χ0) is 13.6. The van der Waals surface area contributed by atoms with Crippen LogP contribution in [0.3, 0.4) is 0 Å². The first-order valence-corrected chi connectivity index (χ1v) is 7.15. The van der Waals surface area contributed by atoms with Gasteiger partial charge in [-0.15, -0.1) is 0 Å². The van der Waals surface area contributed by atoms with Crippen LogP contribution in [0.5, 0.6) is 0 Å². The zero-order valence-electron chi connectivity index (χ0n) is 11.5. The highest BCUT2D eigenvalue weighted by atomic mass is 16.4. The number of hydrogen-bond donors (Lipinski definition) is 2. The molecule has 0 spiro atoms. The smallest absolute Gasteiger partial charge is 0.303 e. The van der Waals surface area contributed by atoms with Gasteiger partial charge in [0.2, 0.25) is 5.91 Å². The van der Waals surface area contributed by atoms with E-state index in [9.17, 15) is 9.59 Å². The summed E-state index contributed by atoms with van der Waals surface area (Å²) in [7, 11) is 0. The van der Waals surface area contributed by atoms with E-state index in [-0.39, 0.29) is 12.3 Å². The molecule has 0 unspecified atom stereocenters. The lowest BCUT2D eigenvalue weighted by molar-refractivity contribution is -0.137. The Hall–Kier alpha value is -1.06.